The molecule has 8 heterocycles. The van der Waals surface area contributed by atoms with Crippen LogP contribution in [-0.2, 0) is 0 Å². The minimum atomic E-state index is -0.0993. The van der Waals surface area contributed by atoms with E-state index in [9.17, 15) is 0 Å². The summed E-state index contributed by atoms with van der Waals surface area (Å²) in [7, 11) is 0. The number of hydrogen-bond donors (Lipinski definition) is 0. The Morgan fingerprint density at radius 3 is 1.03 bits per heavy atom. The first kappa shape index (κ1) is 48.9. The van der Waals surface area contributed by atoms with Gasteiger partial charge in [-0.05, 0) is 192 Å². The summed E-state index contributed by atoms with van der Waals surface area (Å²) in [5.41, 5.74) is 43.9. The predicted octanol–water partition coefficient (Wildman–Crippen LogP) is 18.0. The molecule has 6 heteroatoms. The Kier molecular flexibility index (Phi) is 9.34. The number of hydrogen-bond acceptors (Lipinski definition) is 0. The third-order valence-electron chi connectivity index (χ3n) is 21.3. The lowest BCUT2D eigenvalue weighted by atomic mass is 9.45. The monoisotopic (exact) mass is 1120 g/mol. The predicted molar refractivity (Wildman–Crippen MR) is 375 cm³/mol. The number of benzene rings is 12. The van der Waals surface area contributed by atoms with Gasteiger partial charge in [-0.15, -0.1) is 0 Å². The minimum absolute atomic E-state index is 0.0993. The molecule has 0 saturated carbocycles. The number of fused-ring (bicyclic) bond motifs is 19. The topological polar surface area (TPSA) is 19.7 Å². The van der Waals surface area contributed by atoms with Crippen molar-refractivity contribution in [3.63, 3.8) is 0 Å². The van der Waals surface area contributed by atoms with Crippen molar-refractivity contribution in [1.29, 1.82) is 0 Å². The van der Waals surface area contributed by atoms with Gasteiger partial charge >= 0.3 is 13.7 Å². The number of para-hydroxylation sites is 4. The van der Waals surface area contributed by atoms with Crippen molar-refractivity contribution in [2.75, 3.05) is 0 Å². The van der Waals surface area contributed by atoms with E-state index in [1.54, 1.807) is 0 Å². The van der Waals surface area contributed by atoms with E-state index < -0.39 is 0 Å². The number of rotatable bonds is 4. The molecule has 0 N–H and O–H groups in total. The second-order valence-corrected chi connectivity index (χ2v) is 26.4. The zero-order valence-electron chi connectivity index (χ0n) is 50.6. The third kappa shape index (κ3) is 5.99. The van der Waals surface area contributed by atoms with Crippen LogP contribution in [0.1, 0.15) is 44.5 Å². The lowest BCUT2D eigenvalue weighted by Gasteiger charge is -2.34. The number of aromatic nitrogens is 4. The molecule has 0 bridgehead atoms. The van der Waals surface area contributed by atoms with Gasteiger partial charge in [0.2, 0.25) is 0 Å². The highest BCUT2D eigenvalue weighted by atomic mass is 15.1. The molecule has 0 atom stereocenters. The van der Waals surface area contributed by atoms with Gasteiger partial charge < -0.3 is 18.1 Å². The highest BCUT2D eigenvalue weighted by Gasteiger charge is 2.46. The molecule has 0 saturated heterocycles. The van der Waals surface area contributed by atoms with Crippen molar-refractivity contribution in [2.45, 2.75) is 55.4 Å². The molecule has 16 aromatic rings. The molecular weight excluding hydrogens is 1060 g/mol. The number of nitrogens with zero attached hydrogens (tertiary/aromatic N) is 4. The zero-order chi connectivity index (χ0) is 58.6. The molecule has 12 aromatic carbocycles. The highest BCUT2D eigenvalue weighted by molar-refractivity contribution is 6.92. The Bertz CT molecular complexity index is 5630. The summed E-state index contributed by atoms with van der Waals surface area (Å²) in [6, 6.07) is 80.9. The van der Waals surface area contributed by atoms with E-state index in [-0.39, 0.29) is 13.7 Å². The van der Waals surface area contributed by atoms with Crippen LogP contribution < -0.4 is 21.9 Å². The molecule has 0 unspecified atom stereocenters. The largest absolute Gasteiger partial charge is 0.374 e. The highest BCUT2D eigenvalue weighted by Crippen LogP contribution is 2.52. The Morgan fingerprint density at radius 2 is 0.614 bits per heavy atom. The molecule has 0 spiro atoms. The van der Waals surface area contributed by atoms with Gasteiger partial charge in [0.05, 0.1) is 33.1 Å². The van der Waals surface area contributed by atoms with Gasteiger partial charge in [-0.1, -0.05) is 192 Å². The van der Waals surface area contributed by atoms with Crippen LogP contribution >= 0.6 is 0 Å². The second-order valence-electron chi connectivity index (χ2n) is 26.4. The molecule has 4 nitrogen and oxygen atoms in total. The van der Waals surface area contributed by atoms with Crippen LogP contribution in [0.5, 0.6) is 0 Å². The van der Waals surface area contributed by atoms with Crippen LogP contribution in [0.25, 0.3) is 155 Å². The maximum Gasteiger partial charge on any atom is 0.333 e. The van der Waals surface area contributed by atoms with Gasteiger partial charge in [-0.3, -0.25) is 0 Å². The van der Waals surface area contributed by atoms with Crippen LogP contribution in [0.3, 0.4) is 0 Å². The van der Waals surface area contributed by atoms with Gasteiger partial charge in [-0.25, -0.2) is 0 Å². The molecule has 88 heavy (non-hydrogen) atoms. The van der Waals surface area contributed by atoms with Crippen molar-refractivity contribution in [3.05, 3.63) is 251 Å². The van der Waals surface area contributed by atoms with Gasteiger partial charge in [0.1, 0.15) is 0 Å². The van der Waals surface area contributed by atoms with Crippen molar-refractivity contribution < 1.29 is 0 Å². The van der Waals surface area contributed by atoms with E-state index in [2.05, 4.69) is 280 Å². The van der Waals surface area contributed by atoms with Crippen molar-refractivity contribution in [3.8, 4) is 78.1 Å². The normalized spacial score (nSPS) is 13.2. The maximum absolute atomic E-state index is 2.82. The quantitative estimate of drug-likeness (QED) is 0.157. The molecule has 4 aliphatic rings. The molecule has 4 aromatic heterocycles. The fourth-order valence-electron chi connectivity index (χ4n) is 17.6. The van der Waals surface area contributed by atoms with E-state index in [1.807, 2.05) is 0 Å². The molecule has 0 amide bonds. The fraction of sp³-hybridized carbons (Fsp3) is 0.0976. The summed E-state index contributed by atoms with van der Waals surface area (Å²) in [6.07, 6.45) is 0. The first-order chi connectivity index (χ1) is 43.0. The van der Waals surface area contributed by atoms with Crippen LogP contribution in [0.15, 0.2) is 206 Å². The van der Waals surface area contributed by atoms with Crippen LogP contribution in [0, 0.1) is 55.4 Å². The lowest BCUT2D eigenvalue weighted by Crippen LogP contribution is -2.55. The van der Waals surface area contributed by atoms with Gasteiger partial charge in [0.25, 0.3) is 0 Å². The van der Waals surface area contributed by atoms with Crippen molar-refractivity contribution >= 4 is 112 Å². The van der Waals surface area contributed by atoms with E-state index in [4.69, 9.17) is 0 Å². The summed E-state index contributed by atoms with van der Waals surface area (Å²) >= 11 is 0. The average Bonchev–Trinajstić information content (AvgIpc) is 1.47. The van der Waals surface area contributed by atoms with Gasteiger partial charge in [0, 0.05) is 65.9 Å². The first-order valence-electron chi connectivity index (χ1n) is 31.4. The fourth-order valence-corrected chi connectivity index (χ4v) is 17.6. The van der Waals surface area contributed by atoms with Gasteiger partial charge in [-0.2, -0.15) is 0 Å². The Hall–Kier alpha value is -10.3. The van der Waals surface area contributed by atoms with Crippen LogP contribution in [0.4, 0.5) is 0 Å². The summed E-state index contributed by atoms with van der Waals surface area (Å²) in [5.74, 6) is 0. The molecule has 4 aliphatic heterocycles. The SMILES string of the molecule is Cc1ccc(C)c(-c2cc(-c3cc(C)ccc3C)c3c4cccc5c4n(c3c2)-c2cccc3c2B5n2c4c-3cccc4c3c2c2cccc4c2n3B2c3c-4cccc3-n3c4cc(-c5cc(C)ccc5C)cc(-c5cc(C)ccc5C)c4c4cccc2c43)c1. The van der Waals surface area contributed by atoms with Crippen LogP contribution in [0.2, 0.25) is 0 Å². The Labute approximate surface area is 511 Å². The molecule has 0 radical (unpaired) electrons. The van der Waals surface area contributed by atoms with Crippen LogP contribution in [-0.4, -0.2) is 31.8 Å². The van der Waals surface area contributed by atoms with E-state index in [0.29, 0.717) is 0 Å². The zero-order valence-corrected chi connectivity index (χ0v) is 50.6. The van der Waals surface area contributed by atoms with E-state index in [1.165, 1.54) is 221 Å². The summed E-state index contributed by atoms with van der Waals surface area (Å²) in [5, 5.41) is 7.81. The van der Waals surface area contributed by atoms with Crippen molar-refractivity contribution in [1.82, 2.24) is 18.1 Å². The number of aryl methyl sites for hydroxylation is 8. The average molecular weight is 1120 g/mol. The van der Waals surface area contributed by atoms with Crippen molar-refractivity contribution in [2.24, 2.45) is 0 Å². The summed E-state index contributed by atoms with van der Waals surface area (Å²) in [4.78, 5) is 0. The Balaban J connectivity index is 0.900. The van der Waals surface area contributed by atoms with E-state index in [0.717, 1.165) is 0 Å². The minimum Gasteiger partial charge on any atom is -0.374 e. The molecular formula is C82H58B2N4. The summed E-state index contributed by atoms with van der Waals surface area (Å²) < 4.78 is 11.0. The van der Waals surface area contributed by atoms with Gasteiger partial charge in [0.15, 0.2) is 0 Å². The first-order valence-corrected chi connectivity index (χ1v) is 31.4. The molecule has 20 rings (SSSR count). The van der Waals surface area contributed by atoms with E-state index >= 15 is 0 Å². The maximum atomic E-state index is 2.82. The Morgan fingerprint density at radius 1 is 0.261 bits per heavy atom. The smallest absolute Gasteiger partial charge is 0.333 e. The molecule has 0 fully saturated rings. The molecule has 0 aliphatic carbocycles. The third-order valence-corrected chi connectivity index (χ3v) is 21.3. The molecule has 412 valence electrons. The second kappa shape index (κ2) is 16.8. The standard InChI is InChI=1S/C82H58B2N4/c1-43-27-31-47(5)61(35-43)51-39-65(63-37-45(3)29-33-49(63)7)73-57-19-11-23-67-79(57)85(71(73)41-51)69-25-13-15-53-55-17-9-21-59-77(55)87(83(67)75(53)69)81-60-22-10-18-56-54-16-14-26-70-76(54)84(88(78(56)60)82(59)81)68-24-12-20-58-74-66(64-38-46(4)30-34-50(64)8)40-52(42-72(74)86(70)80(58)68)62-36-44(2)28-32-48(62)6/h9-42H,1-8H3. The lowest BCUT2D eigenvalue weighted by molar-refractivity contribution is 1.17. The summed E-state index contributed by atoms with van der Waals surface area (Å²) in [6.45, 7) is 17.8.